The zero-order chi connectivity index (χ0) is 13.0. The molecule has 0 aromatic heterocycles. The van der Waals surface area contributed by atoms with Crippen molar-refractivity contribution >= 4 is 18.3 Å². The van der Waals surface area contributed by atoms with E-state index in [-0.39, 0.29) is 24.4 Å². The van der Waals surface area contributed by atoms with E-state index < -0.39 is 0 Å². The Balaban J connectivity index is 0.00000180. The Morgan fingerprint density at radius 2 is 2.00 bits per heavy atom. The topological polar surface area (TPSA) is 58.4 Å². The molecule has 2 unspecified atom stereocenters. The van der Waals surface area contributed by atoms with Crippen molar-refractivity contribution in [2.75, 3.05) is 19.6 Å². The smallest absolute Gasteiger partial charge is 0.234 e. The zero-order valence-corrected chi connectivity index (χ0v) is 12.8. The Bertz CT molecular complexity index is 280. The Labute approximate surface area is 122 Å². The summed E-state index contributed by atoms with van der Waals surface area (Å²) in [4.78, 5) is 14.2. The number of amides is 1. The summed E-state index contributed by atoms with van der Waals surface area (Å²) >= 11 is 0. The van der Waals surface area contributed by atoms with Crippen LogP contribution in [0.3, 0.4) is 0 Å². The molecule has 0 spiro atoms. The summed E-state index contributed by atoms with van der Waals surface area (Å²) in [5, 5.41) is 3.16. The lowest BCUT2D eigenvalue weighted by atomic mass is 9.92. The summed E-state index contributed by atoms with van der Waals surface area (Å²) in [6.07, 6.45) is 7.23. The fourth-order valence-corrected chi connectivity index (χ4v) is 3.21. The average Bonchev–Trinajstić information content (AvgIpc) is 2.82. The van der Waals surface area contributed by atoms with Crippen LogP contribution in [-0.4, -0.2) is 42.5 Å². The van der Waals surface area contributed by atoms with Gasteiger partial charge in [0.25, 0.3) is 0 Å². The summed E-state index contributed by atoms with van der Waals surface area (Å²) in [6, 6.07) is 0.678. The fraction of sp³-hybridized carbons (Fsp3) is 0.929. The molecule has 2 fully saturated rings. The number of nitrogens with two attached hydrogens (primary N) is 1. The zero-order valence-electron chi connectivity index (χ0n) is 11.9. The molecule has 0 bridgehead atoms. The predicted molar refractivity (Wildman–Crippen MR) is 80.5 cm³/mol. The molecule has 2 aliphatic rings. The van der Waals surface area contributed by atoms with Crippen LogP contribution in [0.25, 0.3) is 0 Å². The maximum atomic E-state index is 12.0. The lowest BCUT2D eigenvalue weighted by Crippen LogP contribution is -2.47. The number of carbonyl (C=O) groups excluding carboxylic acids is 1. The van der Waals surface area contributed by atoms with Crippen molar-refractivity contribution in [1.29, 1.82) is 0 Å². The fourth-order valence-electron chi connectivity index (χ4n) is 3.21. The number of nitrogens with zero attached hydrogens (tertiary/aromatic N) is 1. The summed E-state index contributed by atoms with van der Waals surface area (Å²) in [5.74, 6) is 0.755. The number of piperidine rings is 1. The van der Waals surface area contributed by atoms with Gasteiger partial charge in [0.1, 0.15) is 0 Å². The van der Waals surface area contributed by atoms with Crippen molar-refractivity contribution in [1.82, 2.24) is 10.2 Å². The van der Waals surface area contributed by atoms with E-state index in [1.54, 1.807) is 0 Å². The average molecular weight is 290 g/mol. The van der Waals surface area contributed by atoms with E-state index in [4.69, 9.17) is 5.73 Å². The molecule has 2 rings (SSSR count). The highest BCUT2D eigenvalue weighted by Crippen LogP contribution is 2.19. The van der Waals surface area contributed by atoms with Gasteiger partial charge in [0.05, 0.1) is 6.54 Å². The molecule has 0 radical (unpaired) electrons. The number of hydrogen-bond donors (Lipinski definition) is 2. The minimum atomic E-state index is 0. The summed E-state index contributed by atoms with van der Waals surface area (Å²) in [6.45, 7) is 4.66. The van der Waals surface area contributed by atoms with E-state index in [1.165, 1.54) is 25.7 Å². The molecule has 5 heteroatoms. The minimum absolute atomic E-state index is 0. The van der Waals surface area contributed by atoms with Gasteiger partial charge in [-0.1, -0.05) is 12.8 Å². The minimum Gasteiger partial charge on any atom is -0.352 e. The van der Waals surface area contributed by atoms with Gasteiger partial charge < -0.3 is 11.1 Å². The molecule has 1 saturated carbocycles. The van der Waals surface area contributed by atoms with Crippen LogP contribution in [0.15, 0.2) is 0 Å². The van der Waals surface area contributed by atoms with E-state index in [9.17, 15) is 4.79 Å². The van der Waals surface area contributed by atoms with Crippen molar-refractivity contribution in [3.63, 3.8) is 0 Å². The van der Waals surface area contributed by atoms with Gasteiger partial charge in [0.2, 0.25) is 5.91 Å². The molecular weight excluding hydrogens is 262 g/mol. The lowest BCUT2D eigenvalue weighted by Gasteiger charge is -2.34. The molecule has 4 nitrogen and oxygen atoms in total. The van der Waals surface area contributed by atoms with E-state index in [1.807, 2.05) is 0 Å². The molecule has 1 heterocycles. The van der Waals surface area contributed by atoms with Gasteiger partial charge in [0.15, 0.2) is 0 Å². The number of rotatable bonds is 4. The van der Waals surface area contributed by atoms with Gasteiger partial charge in [-0.2, -0.15) is 0 Å². The van der Waals surface area contributed by atoms with Gasteiger partial charge >= 0.3 is 0 Å². The summed E-state index contributed by atoms with van der Waals surface area (Å²) in [7, 11) is 0. The maximum Gasteiger partial charge on any atom is 0.234 e. The van der Waals surface area contributed by atoms with Crippen LogP contribution in [0.2, 0.25) is 0 Å². The summed E-state index contributed by atoms with van der Waals surface area (Å²) in [5.41, 5.74) is 5.96. The van der Waals surface area contributed by atoms with E-state index >= 15 is 0 Å². The molecule has 1 aliphatic carbocycles. The number of hydrogen-bond acceptors (Lipinski definition) is 3. The predicted octanol–water partition coefficient (Wildman–Crippen LogP) is 1.53. The summed E-state index contributed by atoms with van der Waals surface area (Å²) < 4.78 is 0. The van der Waals surface area contributed by atoms with Crippen molar-refractivity contribution in [2.24, 2.45) is 11.7 Å². The van der Waals surface area contributed by atoms with Crippen LogP contribution in [0, 0.1) is 5.92 Å². The van der Waals surface area contributed by atoms with Crippen LogP contribution >= 0.6 is 12.4 Å². The monoisotopic (exact) mass is 289 g/mol. The molecule has 2 atom stereocenters. The second kappa shape index (κ2) is 8.08. The first kappa shape index (κ1) is 16.7. The third kappa shape index (κ3) is 5.28. The Morgan fingerprint density at radius 1 is 1.32 bits per heavy atom. The molecule has 1 amide bonds. The molecule has 112 valence electrons. The first-order valence-electron chi connectivity index (χ1n) is 7.42. The SMILES string of the molecule is CC(N)C1CCCN(CC(=O)NC2CCCC2)C1.Cl. The van der Waals surface area contributed by atoms with Gasteiger partial charge in [-0.15, -0.1) is 12.4 Å². The van der Waals surface area contributed by atoms with Crippen molar-refractivity contribution in [3.8, 4) is 0 Å². The third-order valence-corrected chi connectivity index (χ3v) is 4.37. The van der Waals surface area contributed by atoms with Crippen LogP contribution in [-0.2, 0) is 4.79 Å². The molecule has 0 aromatic rings. The molecule has 1 saturated heterocycles. The molecule has 3 N–H and O–H groups in total. The Kier molecular flexibility index (Phi) is 7.11. The van der Waals surface area contributed by atoms with Crippen molar-refractivity contribution < 1.29 is 4.79 Å². The Hall–Kier alpha value is -0.320. The largest absolute Gasteiger partial charge is 0.352 e. The number of nitrogens with one attached hydrogen (secondary N) is 1. The first-order valence-corrected chi connectivity index (χ1v) is 7.42. The first-order chi connectivity index (χ1) is 8.65. The highest BCUT2D eigenvalue weighted by atomic mass is 35.5. The number of halogens is 1. The highest BCUT2D eigenvalue weighted by molar-refractivity contribution is 5.85. The maximum absolute atomic E-state index is 12.0. The number of carbonyl (C=O) groups is 1. The van der Waals surface area contributed by atoms with Crippen molar-refractivity contribution in [3.05, 3.63) is 0 Å². The molecule has 19 heavy (non-hydrogen) atoms. The van der Waals surface area contributed by atoms with Gasteiger partial charge in [0, 0.05) is 18.6 Å². The van der Waals surface area contributed by atoms with Gasteiger partial charge in [-0.25, -0.2) is 0 Å². The van der Waals surface area contributed by atoms with Crippen molar-refractivity contribution in [2.45, 2.75) is 57.5 Å². The van der Waals surface area contributed by atoms with Gasteiger partial charge in [-0.3, -0.25) is 9.69 Å². The van der Waals surface area contributed by atoms with Crippen LogP contribution in [0.5, 0.6) is 0 Å². The van der Waals surface area contributed by atoms with Crippen LogP contribution in [0.1, 0.15) is 45.4 Å². The van der Waals surface area contributed by atoms with Crippen LogP contribution < -0.4 is 11.1 Å². The third-order valence-electron chi connectivity index (χ3n) is 4.37. The molecular formula is C14H28ClN3O. The normalized spacial score (nSPS) is 26.7. The standard InChI is InChI=1S/C14H27N3O.ClH/c1-11(15)12-5-4-8-17(9-12)10-14(18)16-13-6-2-3-7-13;/h11-13H,2-10,15H2,1H3,(H,16,18);1H. The number of likely N-dealkylation sites (tertiary alicyclic amines) is 1. The quantitative estimate of drug-likeness (QED) is 0.825. The van der Waals surface area contributed by atoms with E-state index in [0.29, 0.717) is 18.5 Å². The highest BCUT2D eigenvalue weighted by Gasteiger charge is 2.25. The van der Waals surface area contributed by atoms with E-state index in [0.717, 1.165) is 25.9 Å². The van der Waals surface area contributed by atoms with E-state index in [2.05, 4.69) is 17.1 Å². The van der Waals surface area contributed by atoms with Crippen LogP contribution in [0.4, 0.5) is 0 Å². The second-order valence-electron chi connectivity index (χ2n) is 6.05. The lowest BCUT2D eigenvalue weighted by molar-refractivity contribution is -0.123. The molecule has 1 aliphatic heterocycles. The second-order valence-corrected chi connectivity index (χ2v) is 6.05. The molecule has 0 aromatic carbocycles. The van der Waals surface area contributed by atoms with Gasteiger partial charge in [-0.05, 0) is 45.1 Å². The Morgan fingerprint density at radius 3 is 2.63 bits per heavy atom.